The lowest BCUT2D eigenvalue weighted by Gasteiger charge is -2.24. The summed E-state index contributed by atoms with van der Waals surface area (Å²) in [7, 11) is 0. The van der Waals surface area contributed by atoms with E-state index >= 15 is 0 Å². The molecule has 31 heavy (non-hydrogen) atoms. The first-order chi connectivity index (χ1) is 14.6. The first-order valence-corrected chi connectivity index (χ1v) is 10.1. The van der Waals surface area contributed by atoms with Crippen molar-refractivity contribution < 1.29 is 27.7 Å². The third-order valence-corrected chi connectivity index (χ3v) is 5.26. The van der Waals surface area contributed by atoms with E-state index in [-0.39, 0.29) is 18.1 Å². The first-order valence-electron chi connectivity index (χ1n) is 9.27. The number of hydrogen-bond donors (Lipinski definition) is 1. The average molecular weight is 455 g/mol. The molecule has 0 saturated heterocycles. The number of halogens is 3. The molecular weight excluding hydrogens is 435 g/mol. The van der Waals surface area contributed by atoms with Crippen LogP contribution in [0, 0.1) is 27.6 Å². The molecule has 0 fully saturated rings. The summed E-state index contributed by atoms with van der Waals surface area (Å²) in [6, 6.07) is 7.28. The van der Waals surface area contributed by atoms with Crippen molar-refractivity contribution in [2.75, 3.05) is 18.4 Å². The summed E-state index contributed by atoms with van der Waals surface area (Å²) in [6.45, 7) is 3.28. The van der Waals surface area contributed by atoms with Gasteiger partial charge >= 0.3 is 0 Å². The Morgan fingerprint density at radius 1 is 1.13 bits per heavy atom. The molecule has 0 aliphatic carbocycles. The molecule has 1 unspecified atom stereocenters. The lowest BCUT2D eigenvalue weighted by atomic mass is 10.2. The molecule has 1 atom stereocenters. The zero-order valence-corrected chi connectivity index (χ0v) is 17.5. The summed E-state index contributed by atoms with van der Waals surface area (Å²) < 4.78 is 40.1. The van der Waals surface area contributed by atoms with Gasteiger partial charge in [0.2, 0.25) is 11.8 Å². The van der Waals surface area contributed by atoms with Crippen LogP contribution in [0.4, 0.5) is 24.5 Å². The van der Waals surface area contributed by atoms with Crippen molar-refractivity contribution in [1.82, 2.24) is 4.90 Å². The van der Waals surface area contributed by atoms with Crippen molar-refractivity contribution >= 4 is 35.0 Å². The molecule has 7 nitrogen and oxygen atoms in total. The predicted octanol–water partition coefficient (Wildman–Crippen LogP) is 4.37. The predicted molar refractivity (Wildman–Crippen MR) is 110 cm³/mol. The van der Waals surface area contributed by atoms with Gasteiger partial charge in [-0.05, 0) is 37.6 Å². The van der Waals surface area contributed by atoms with Gasteiger partial charge in [-0.2, -0.15) is 0 Å². The first kappa shape index (κ1) is 24.2. The minimum atomic E-state index is -1.70. The standard InChI is InChI=1S/C20H20F3N3O4S/c1-3-10-25(11-17(27)24-16-9-8-15(21)18(22)19(16)23)20(28)12(2)31-14-6-4-13(5-7-14)26(29)30/h4-9,12H,3,10-11H2,1-2H3,(H,24,27). The molecule has 0 heterocycles. The van der Waals surface area contributed by atoms with Gasteiger partial charge in [-0.25, -0.2) is 13.2 Å². The summed E-state index contributed by atoms with van der Waals surface area (Å²) in [5, 5.41) is 12.3. The number of non-ortho nitro benzene ring substituents is 1. The number of nitro benzene ring substituents is 1. The highest BCUT2D eigenvalue weighted by atomic mass is 32.2. The second-order valence-electron chi connectivity index (χ2n) is 6.54. The van der Waals surface area contributed by atoms with Gasteiger partial charge in [0.05, 0.1) is 22.4 Å². The van der Waals surface area contributed by atoms with E-state index in [9.17, 15) is 32.9 Å². The quantitative estimate of drug-likeness (QED) is 0.262. The number of rotatable bonds is 9. The number of nitro groups is 1. The van der Waals surface area contributed by atoms with Crippen molar-refractivity contribution in [3.05, 3.63) is 64.0 Å². The summed E-state index contributed by atoms with van der Waals surface area (Å²) in [5.41, 5.74) is -0.599. The molecule has 0 aliphatic rings. The molecule has 2 aromatic carbocycles. The number of nitrogens with one attached hydrogen (secondary N) is 1. The fourth-order valence-corrected chi connectivity index (χ4v) is 3.63. The van der Waals surface area contributed by atoms with E-state index in [1.807, 2.05) is 0 Å². The largest absolute Gasteiger partial charge is 0.332 e. The van der Waals surface area contributed by atoms with Crippen LogP contribution in [-0.4, -0.2) is 40.0 Å². The second kappa shape index (κ2) is 10.8. The van der Waals surface area contributed by atoms with Gasteiger partial charge in [0.1, 0.15) is 0 Å². The number of thioether (sulfide) groups is 1. The Bertz CT molecular complexity index is 973. The lowest BCUT2D eigenvalue weighted by molar-refractivity contribution is -0.384. The Morgan fingerprint density at radius 3 is 2.35 bits per heavy atom. The highest BCUT2D eigenvalue weighted by Crippen LogP contribution is 2.26. The number of carbonyl (C=O) groups excluding carboxylic acids is 2. The molecule has 1 N–H and O–H groups in total. The van der Waals surface area contributed by atoms with Crippen molar-refractivity contribution in [3.8, 4) is 0 Å². The lowest BCUT2D eigenvalue weighted by Crippen LogP contribution is -2.42. The molecule has 0 aliphatic heterocycles. The van der Waals surface area contributed by atoms with Crippen LogP contribution in [0.3, 0.4) is 0 Å². The third kappa shape index (κ3) is 6.45. The summed E-state index contributed by atoms with van der Waals surface area (Å²) in [5.74, 6) is -5.74. The summed E-state index contributed by atoms with van der Waals surface area (Å²) >= 11 is 1.17. The fourth-order valence-electron chi connectivity index (χ4n) is 2.68. The molecule has 0 radical (unpaired) electrons. The second-order valence-corrected chi connectivity index (χ2v) is 7.96. The molecular formula is C20H20F3N3O4S. The van der Waals surface area contributed by atoms with E-state index in [1.165, 1.54) is 40.9 Å². The maximum absolute atomic E-state index is 13.8. The molecule has 0 bridgehead atoms. The molecule has 2 aromatic rings. The van der Waals surface area contributed by atoms with E-state index in [4.69, 9.17) is 0 Å². The number of nitrogens with zero attached hydrogens (tertiary/aromatic N) is 2. The Morgan fingerprint density at radius 2 is 1.77 bits per heavy atom. The zero-order chi connectivity index (χ0) is 23.1. The Labute approximate surface area is 180 Å². The summed E-state index contributed by atoms with van der Waals surface area (Å²) in [6.07, 6.45) is 0.549. The molecule has 2 amide bonds. The van der Waals surface area contributed by atoms with Gasteiger partial charge in [0.15, 0.2) is 17.5 Å². The van der Waals surface area contributed by atoms with Crippen LogP contribution in [0.2, 0.25) is 0 Å². The highest BCUT2D eigenvalue weighted by molar-refractivity contribution is 8.00. The van der Waals surface area contributed by atoms with Crippen LogP contribution in [0.1, 0.15) is 20.3 Å². The zero-order valence-electron chi connectivity index (χ0n) is 16.7. The highest BCUT2D eigenvalue weighted by Gasteiger charge is 2.24. The molecule has 0 aromatic heterocycles. The van der Waals surface area contributed by atoms with Crippen molar-refractivity contribution in [2.24, 2.45) is 0 Å². The molecule has 0 saturated carbocycles. The van der Waals surface area contributed by atoms with Crippen molar-refractivity contribution in [3.63, 3.8) is 0 Å². The topological polar surface area (TPSA) is 92.6 Å². The van der Waals surface area contributed by atoms with Gasteiger partial charge in [-0.1, -0.05) is 6.92 Å². The van der Waals surface area contributed by atoms with Crippen LogP contribution in [-0.2, 0) is 9.59 Å². The maximum atomic E-state index is 13.8. The van der Waals surface area contributed by atoms with Crippen LogP contribution < -0.4 is 5.32 Å². The Kier molecular flexibility index (Phi) is 8.43. The van der Waals surface area contributed by atoms with E-state index in [0.29, 0.717) is 17.4 Å². The number of amides is 2. The SMILES string of the molecule is CCCN(CC(=O)Nc1ccc(F)c(F)c1F)C(=O)C(C)Sc1ccc([N+](=O)[O-])cc1. The normalized spacial score (nSPS) is 11.6. The molecule has 166 valence electrons. The Hall–Kier alpha value is -3.08. The van der Waals surface area contributed by atoms with Gasteiger partial charge in [0.25, 0.3) is 5.69 Å². The van der Waals surface area contributed by atoms with Crippen LogP contribution in [0.25, 0.3) is 0 Å². The molecule has 2 rings (SSSR count). The summed E-state index contributed by atoms with van der Waals surface area (Å²) in [4.78, 5) is 37.2. The number of benzene rings is 2. The number of anilines is 1. The van der Waals surface area contributed by atoms with Crippen LogP contribution >= 0.6 is 11.8 Å². The molecule has 0 spiro atoms. The fraction of sp³-hybridized carbons (Fsp3) is 0.300. The third-order valence-electron chi connectivity index (χ3n) is 4.16. The van der Waals surface area contributed by atoms with E-state index in [2.05, 4.69) is 5.32 Å². The van der Waals surface area contributed by atoms with E-state index < -0.39 is 45.8 Å². The monoisotopic (exact) mass is 455 g/mol. The van der Waals surface area contributed by atoms with Gasteiger partial charge in [-0.15, -0.1) is 11.8 Å². The maximum Gasteiger partial charge on any atom is 0.269 e. The smallest absolute Gasteiger partial charge is 0.269 e. The average Bonchev–Trinajstić information content (AvgIpc) is 2.73. The van der Waals surface area contributed by atoms with Crippen LogP contribution in [0.15, 0.2) is 41.3 Å². The van der Waals surface area contributed by atoms with Crippen LogP contribution in [0.5, 0.6) is 0 Å². The molecule has 11 heteroatoms. The van der Waals surface area contributed by atoms with E-state index in [0.717, 1.165) is 6.07 Å². The van der Waals surface area contributed by atoms with E-state index in [1.54, 1.807) is 13.8 Å². The van der Waals surface area contributed by atoms with Gasteiger partial charge in [-0.3, -0.25) is 19.7 Å². The Balaban J connectivity index is 2.04. The number of carbonyl (C=O) groups is 2. The van der Waals surface area contributed by atoms with Gasteiger partial charge in [0, 0.05) is 23.6 Å². The van der Waals surface area contributed by atoms with Gasteiger partial charge < -0.3 is 10.2 Å². The number of hydrogen-bond acceptors (Lipinski definition) is 5. The van der Waals surface area contributed by atoms with Crippen molar-refractivity contribution in [1.29, 1.82) is 0 Å². The van der Waals surface area contributed by atoms with Crippen molar-refractivity contribution in [2.45, 2.75) is 30.4 Å². The minimum Gasteiger partial charge on any atom is -0.332 e. The minimum absolute atomic E-state index is 0.0722.